The Kier molecular flexibility index (Phi) is 5.84. The first-order chi connectivity index (χ1) is 8.22. The topological polar surface area (TPSA) is 38.5 Å². The van der Waals surface area contributed by atoms with Crippen molar-refractivity contribution >= 4 is 11.4 Å². The molecule has 0 atom stereocenters. The molecule has 0 radical (unpaired) electrons. The molecule has 0 unspecified atom stereocenters. The molecule has 0 fully saturated rings. The molecule has 1 rings (SSSR count). The highest BCUT2D eigenvalue weighted by molar-refractivity contribution is 5.53. The molecule has 0 saturated heterocycles. The van der Waals surface area contributed by atoms with Crippen LogP contribution in [0.25, 0.3) is 0 Å². The van der Waals surface area contributed by atoms with Crippen LogP contribution in [0.2, 0.25) is 0 Å². The molecule has 1 aromatic carbocycles. The summed E-state index contributed by atoms with van der Waals surface area (Å²) in [4.78, 5) is 2.41. The molecular formula is C14H24N2O. The summed E-state index contributed by atoms with van der Waals surface area (Å²) in [6, 6.07) is 8.65. The van der Waals surface area contributed by atoms with E-state index < -0.39 is 0 Å². The van der Waals surface area contributed by atoms with Crippen molar-refractivity contribution in [2.45, 2.75) is 32.7 Å². The van der Waals surface area contributed by atoms with E-state index in [1.54, 1.807) is 7.11 Å². The van der Waals surface area contributed by atoms with Gasteiger partial charge in [-0.1, -0.05) is 13.8 Å². The lowest BCUT2D eigenvalue weighted by Crippen LogP contribution is -2.37. The summed E-state index contributed by atoms with van der Waals surface area (Å²) >= 11 is 0. The Morgan fingerprint density at radius 2 is 1.76 bits per heavy atom. The average molecular weight is 236 g/mol. The molecular weight excluding hydrogens is 212 g/mol. The molecule has 3 nitrogen and oxygen atoms in total. The van der Waals surface area contributed by atoms with Crippen molar-refractivity contribution in [1.82, 2.24) is 0 Å². The zero-order chi connectivity index (χ0) is 12.7. The maximum absolute atomic E-state index is 5.72. The monoisotopic (exact) mass is 236 g/mol. The minimum atomic E-state index is 0.564. The van der Waals surface area contributed by atoms with Gasteiger partial charge >= 0.3 is 0 Å². The zero-order valence-electron chi connectivity index (χ0n) is 11.1. The van der Waals surface area contributed by atoms with E-state index in [4.69, 9.17) is 10.5 Å². The quantitative estimate of drug-likeness (QED) is 0.740. The van der Waals surface area contributed by atoms with Crippen molar-refractivity contribution in [3.8, 4) is 0 Å². The average Bonchev–Trinajstić information content (AvgIpc) is 2.36. The molecule has 0 amide bonds. The van der Waals surface area contributed by atoms with Gasteiger partial charge in [-0.2, -0.15) is 0 Å². The number of nitrogens with two attached hydrogens (primary N) is 1. The van der Waals surface area contributed by atoms with E-state index >= 15 is 0 Å². The summed E-state index contributed by atoms with van der Waals surface area (Å²) in [5.74, 6) is 0. The first kappa shape index (κ1) is 13.8. The number of hydrogen-bond acceptors (Lipinski definition) is 3. The molecule has 17 heavy (non-hydrogen) atoms. The van der Waals surface area contributed by atoms with Gasteiger partial charge < -0.3 is 15.4 Å². The second kappa shape index (κ2) is 7.17. The Morgan fingerprint density at radius 1 is 1.18 bits per heavy atom. The maximum Gasteiger partial charge on any atom is 0.0637 e. The molecule has 0 aliphatic carbocycles. The van der Waals surface area contributed by atoms with Gasteiger partial charge in [-0.15, -0.1) is 0 Å². The van der Waals surface area contributed by atoms with Gasteiger partial charge in [0.25, 0.3) is 0 Å². The number of rotatable bonds is 7. The maximum atomic E-state index is 5.72. The van der Waals surface area contributed by atoms with Gasteiger partial charge in [0.05, 0.1) is 6.61 Å². The predicted octanol–water partition coefficient (Wildman–Crippen LogP) is 2.91. The normalized spacial score (nSPS) is 10.8. The van der Waals surface area contributed by atoms with Crippen molar-refractivity contribution in [3.63, 3.8) is 0 Å². The number of nitrogens with zero attached hydrogens (tertiary/aromatic N) is 1. The SMILES string of the molecule is CCC(CC)N(CCOC)c1ccc(N)cc1. The molecule has 0 aliphatic heterocycles. The highest BCUT2D eigenvalue weighted by Crippen LogP contribution is 2.21. The number of benzene rings is 1. The van der Waals surface area contributed by atoms with Gasteiger partial charge in [0.2, 0.25) is 0 Å². The lowest BCUT2D eigenvalue weighted by Gasteiger charge is -2.32. The molecule has 96 valence electrons. The third-order valence-corrected chi connectivity index (χ3v) is 3.14. The van der Waals surface area contributed by atoms with E-state index in [-0.39, 0.29) is 0 Å². The van der Waals surface area contributed by atoms with Crippen molar-refractivity contribution in [1.29, 1.82) is 0 Å². The van der Waals surface area contributed by atoms with Crippen LogP contribution in [-0.4, -0.2) is 26.3 Å². The van der Waals surface area contributed by atoms with Gasteiger partial charge in [0, 0.05) is 31.1 Å². The van der Waals surface area contributed by atoms with Gasteiger partial charge in [-0.3, -0.25) is 0 Å². The van der Waals surface area contributed by atoms with Crippen LogP contribution in [-0.2, 0) is 4.74 Å². The molecule has 0 aliphatic rings. The van der Waals surface area contributed by atoms with Crippen LogP contribution < -0.4 is 10.6 Å². The lowest BCUT2D eigenvalue weighted by molar-refractivity contribution is 0.202. The van der Waals surface area contributed by atoms with Crippen LogP contribution in [0, 0.1) is 0 Å². The molecule has 3 heteroatoms. The summed E-state index contributed by atoms with van der Waals surface area (Å²) in [7, 11) is 1.74. The number of anilines is 2. The van der Waals surface area contributed by atoms with Crippen LogP contribution in [0.4, 0.5) is 11.4 Å². The molecule has 2 N–H and O–H groups in total. The summed E-state index contributed by atoms with van der Waals surface area (Å²) in [6.45, 7) is 6.13. The minimum Gasteiger partial charge on any atom is -0.399 e. The molecule has 0 bridgehead atoms. The number of hydrogen-bond donors (Lipinski definition) is 1. The smallest absolute Gasteiger partial charge is 0.0637 e. The number of ether oxygens (including phenoxy) is 1. The summed E-state index contributed by atoms with van der Waals surface area (Å²) in [5.41, 5.74) is 7.76. The van der Waals surface area contributed by atoms with E-state index in [1.807, 2.05) is 12.1 Å². The fourth-order valence-electron chi connectivity index (χ4n) is 2.11. The van der Waals surface area contributed by atoms with Gasteiger partial charge in [0.15, 0.2) is 0 Å². The molecule has 1 aromatic rings. The number of nitrogen functional groups attached to an aromatic ring is 1. The summed E-state index contributed by atoms with van der Waals surface area (Å²) in [6.07, 6.45) is 2.29. The highest BCUT2D eigenvalue weighted by Gasteiger charge is 2.15. The fraction of sp³-hybridized carbons (Fsp3) is 0.571. The van der Waals surface area contributed by atoms with E-state index in [2.05, 4.69) is 30.9 Å². The lowest BCUT2D eigenvalue weighted by atomic mass is 10.1. The first-order valence-electron chi connectivity index (χ1n) is 6.34. The van der Waals surface area contributed by atoms with Crippen molar-refractivity contribution in [2.75, 3.05) is 30.9 Å². The van der Waals surface area contributed by atoms with Crippen molar-refractivity contribution in [2.24, 2.45) is 0 Å². The minimum absolute atomic E-state index is 0.564. The third kappa shape index (κ3) is 3.93. The highest BCUT2D eigenvalue weighted by atomic mass is 16.5. The Balaban J connectivity index is 2.84. The van der Waals surface area contributed by atoms with E-state index in [0.29, 0.717) is 6.04 Å². The van der Waals surface area contributed by atoms with Crippen LogP contribution in [0.15, 0.2) is 24.3 Å². The van der Waals surface area contributed by atoms with Crippen LogP contribution in [0.3, 0.4) is 0 Å². The summed E-state index contributed by atoms with van der Waals surface area (Å²) in [5, 5.41) is 0. The van der Waals surface area contributed by atoms with Crippen molar-refractivity contribution < 1.29 is 4.74 Å². The fourth-order valence-corrected chi connectivity index (χ4v) is 2.11. The molecule has 0 aromatic heterocycles. The largest absolute Gasteiger partial charge is 0.399 e. The second-order valence-electron chi connectivity index (χ2n) is 4.25. The van der Waals surface area contributed by atoms with Crippen LogP contribution in [0.5, 0.6) is 0 Å². The third-order valence-electron chi connectivity index (χ3n) is 3.14. The van der Waals surface area contributed by atoms with Crippen LogP contribution in [0.1, 0.15) is 26.7 Å². The first-order valence-corrected chi connectivity index (χ1v) is 6.34. The molecule has 0 saturated carbocycles. The van der Waals surface area contributed by atoms with E-state index in [1.165, 1.54) is 5.69 Å². The molecule has 0 spiro atoms. The Labute approximate surface area is 105 Å². The zero-order valence-corrected chi connectivity index (χ0v) is 11.1. The van der Waals surface area contributed by atoms with Crippen molar-refractivity contribution in [3.05, 3.63) is 24.3 Å². The van der Waals surface area contributed by atoms with Gasteiger partial charge in [-0.05, 0) is 37.1 Å². The van der Waals surface area contributed by atoms with Crippen LogP contribution >= 0.6 is 0 Å². The number of methoxy groups -OCH3 is 1. The van der Waals surface area contributed by atoms with Gasteiger partial charge in [0.1, 0.15) is 0 Å². The summed E-state index contributed by atoms with van der Waals surface area (Å²) < 4.78 is 5.19. The Hall–Kier alpha value is -1.22. The standard InChI is InChI=1S/C14H24N2O/c1-4-13(5-2)16(10-11-17-3)14-8-6-12(15)7-9-14/h6-9,13H,4-5,10-11,15H2,1-3H3. The Morgan fingerprint density at radius 3 is 2.24 bits per heavy atom. The predicted molar refractivity (Wildman–Crippen MR) is 74.4 cm³/mol. The second-order valence-corrected chi connectivity index (χ2v) is 4.25. The van der Waals surface area contributed by atoms with E-state index in [9.17, 15) is 0 Å². The van der Waals surface area contributed by atoms with E-state index in [0.717, 1.165) is 31.7 Å². The Bertz CT molecular complexity index is 307. The van der Waals surface area contributed by atoms with Gasteiger partial charge in [-0.25, -0.2) is 0 Å². The molecule has 0 heterocycles.